The van der Waals surface area contributed by atoms with Crippen molar-refractivity contribution in [1.82, 2.24) is 20.3 Å². The molecule has 1 aliphatic rings. The molecule has 0 fully saturated rings. The maximum absolute atomic E-state index is 13.7. The summed E-state index contributed by atoms with van der Waals surface area (Å²) in [5.74, 6) is -3.66. The summed E-state index contributed by atoms with van der Waals surface area (Å²) in [7, 11) is -3.54. The standard InChI is InChI=1S/C26H22F2N4O4S/c1-26(27,28)24-4-2-3-20(32-24)21-8-7-17-13-29-19(12-22(17)31-21)14-30-25(33)16-5-6-18-15-36-9-10-37(34,35)23(18)11-16/h2-8,11-13H,9-10,14-15H2,1H3,(H,30,33). The minimum absolute atomic E-state index is 0.0728. The number of pyridine rings is 3. The van der Waals surface area contributed by atoms with Crippen molar-refractivity contribution in [2.45, 2.75) is 30.9 Å². The number of carbonyl (C=O) groups excluding carboxylic acids is 1. The van der Waals surface area contributed by atoms with Crippen LogP contribution in [0.2, 0.25) is 0 Å². The molecule has 0 radical (unpaired) electrons. The lowest BCUT2D eigenvalue weighted by Crippen LogP contribution is -2.23. The molecule has 190 valence electrons. The summed E-state index contributed by atoms with van der Waals surface area (Å²) in [6, 6.07) is 14.0. The van der Waals surface area contributed by atoms with Crippen LogP contribution < -0.4 is 5.32 Å². The molecule has 1 aromatic carbocycles. The second-order valence-corrected chi connectivity index (χ2v) is 10.8. The summed E-state index contributed by atoms with van der Waals surface area (Å²) >= 11 is 0. The molecule has 11 heteroatoms. The van der Waals surface area contributed by atoms with Gasteiger partial charge in [0.15, 0.2) is 9.84 Å². The molecule has 1 N–H and O–H groups in total. The Balaban J connectivity index is 1.36. The average molecular weight is 525 g/mol. The van der Waals surface area contributed by atoms with Gasteiger partial charge >= 0.3 is 0 Å². The monoisotopic (exact) mass is 524 g/mol. The van der Waals surface area contributed by atoms with E-state index in [4.69, 9.17) is 4.74 Å². The van der Waals surface area contributed by atoms with E-state index in [1.165, 1.54) is 18.2 Å². The number of fused-ring (bicyclic) bond motifs is 2. The zero-order chi connectivity index (χ0) is 26.2. The summed E-state index contributed by atoms with van der Waals surface area (Å²) in [4.78, 5) is 25.8. The molecule has 0 atom stereocenters. The van der Waals surface area contributed by atoms with Crippen molar-refractivity contribution in [2.75, 3.05) is 12.4 Å². The minimum Gasteiger partial charge on any atom is -0.376 e. The van der Waals surface area contributed by atoms with Crippen molar-refractivity contribution in [1.29, 1.82) is 0 Å². The van der Waals surface area contributed by atoms with Crippen LogP contribution in [-0.2, 0) is 33.6 Å². The number of nitrogens with one attached hydrogen (secondary N) is 1. The highest BCUT2D eigenvalue weighted by Gasteiger charge is 2.26. The van der Waals surface area contributed by atoms with Crippen molar-refractivity contribution in [3.8, 4) is 11.4 Å². The van der Waals surface area contributed by atoms with Crippen LogP contribution in [-0.4, -0.2) is 41.6 Å². The summed E-state index contributed by atoms with van der Waals surface area (Å²) in [6.07, 6.45) is 1.60. The predicted octanol–water partition coefficient (Wildman–Crippen LogP) is 4.04. The fourth-order valence-corrected chi connectivity index (χ4v) is 5.35. The van der Waals surface area contributed by atoms with Crippen LogP contribution in [0.25, 0.3) is 22.3 Å². The van der Waals surface area contributed by atoms with Gasteiger partial charge in [0.05, 0.1) is 53.0 Å². The Labute approximate surface area is 211 Å². The second-order valence-electron chi connectivity index (χ2n) is 8.74. The number of carbonyl (C=O) groups is 1. The molecule has 0 aliphatic carbocycles. The molecular formula is C26H22F2N4O4S. The average Bonchev–Trinajstić information content (AvgIpc) is 3.03. The van der Waals surface area contributed by atoms with Gasteiger partial charge in [-0.2, -0.15) is 8.78 Å². The van der Waals surface area contributed by atoms with Gasteiger partial charge in [0.2, 0.25) is 0 Å². The number of halogens is 2. The molecular weight excluding hydrogens is 502 g/mol. The summed E-state index contributed by atoms with van der Waals surface area (Å²) in [5.41, 5.74) is 2.21. The number of nitrogens with zero attached hydrogens (tertiary/aromatic N) is 3. The summed E-state index contributed by atoms with van der Waals surface area (Å²) < 4.78 is 57.7. The van der Waals surface area contributed by atoms with Gasteiger partial charge < -0.3 is 10.1 Å². The van der Waals surface area contributed by atoms with Gasteiger partial charge in [-0.15, -0.1) is 0 Å². The second kappa shape index (κ2) is 9.56. The first-order valence-corrected chi connectivity index (χ1v) is 13.1. The van der Waals surface area contributed by atoms with Crippen molar-refractivity contribution in [3.05, 3.63) is 83.3 Å². The maximum Gasteiger partial charge on any atom is 0.286 e. The van der Waals surface area contributed by atoms with E-state index in [1.807, 2.05) is 0 Å². The summed E-state index contributed by atoms with van der Waals surface area (Å²) in [5, 5.41) is 3.48. The van der Waals surface area contributed by atoms with Gasteiger partial charge in [0.1, 0.15) is 5.69 Å². The van der Waals surface area contributed by atoms with E-state index in [0.29, 0.717) is 28.2 Å². The molecule has 0 spiro atoms. The van der Waals surface area contributed by atoms with E-state index in [0.717, 1.165) is 12.3 Å². The molecule has 5 rings (SSSR count). The Morgan fingerprint density at radius 3 is 2.70 bits per heavy atom. The summed E-state index contributed by atoms with van der Waals surface area (Å²) in [6.45, 7) is 1.14. The Morgan fingerprint density at radius 1 is 1.08 bits per heavy atom. The zero-order valence-corrected chi connectivity index (χ0v) is 20.6. The number of sulfone groups is 1. The first-order valence-electron chi connectivity index (χ1n) is 11.4. The van der Waals surface area contributed by atoms with Gasteiger partial charge in [0, 0.05) is 24.1 Å². The lowest BCUT2D eigenvalue weighted by molar-refractivity contribution is 0.0129. The lowest BCUT2D eigenvalue weighted by Gasteiger charge is -2.11. The van der Waals surface area contributed by atoms with Gasteiger partial charge in [-0.05, 0) is 48.0 Å². The molecule has 1 aliphatic heterocycles. The topological polar surface area (TPSA) is 111 Å². The van der Waals surface area contributed by atoms with Crippen LogP contribution in [0, 0.1) is 0 Å². The number of ether oxygens (including phenoxy) is 1. The highest BCUT2D eigenvalue weighted by Crippen LogP contribution is 2.28. The Bertz CT molecular complexity index is 1620. The fraction of sp³-hybridized carbons (Fsp3) is 0.231. The third-order valence-electron chi connectivity index (χ3n) is 5.94. The Morgan fingerprint density at radius 2 is 1.89 bits per heavy atom. The van der Waals surface area contributed by atoms with Crippen LogP contribution >= 0.6 is 0 Å². The van der Waals surface area contributed by atoms with E-state index >= 15 is 0 Å². The molecule has 3 aromatic heterocycles. The lowest BCUT2D eigenvalue weighted by atomic mass is 10.1. The molecule has 0 bridgehead atoms. The molecule has 0 saturated carbocycles. The molecule has 1 amide bonds. The van der Waals surface area contributed by atoms with Crippen molar-refractivity contribution in [3.63, 3.8) is 0 Å². The SMILES string of the molecule is CC(F)(F)c1cccc(-c2ccc3cnc(CNC(=O)c4ccc5c(c4)S(=O)(=O)CCOC5)cc3n2)n1. The number of alkyl halides is 2. The van der Waals surface area contributed by atoms with Crippen LogP contribution in [0.15, 0.2) is 65.7 Å². The van der Waals surface area contributed by atoms with Crippen LogP contribution in [0.3, 0.4) is 0 Å². The van der Waals surface area contributed by atoms with Crippen molar-refractivity contribution < 1.29 is 26.7 Å². The van der Waals surface area contributed by atoms with E-state index in [1.54, 1.807) is 42.6 Å². The van der Waals surface area contributed by atoms with Crippen molar-refractivity contribution >= 4 is 26.6 Å². The predicted molar refractivity (Wildman–Crippen MR) is 132 cm³/mol. The quantitative estimate of drug-likeness (QED) is 0.420. The van der Waals surface area contributed by atoms with Gasteiger partial charge in [-0.25, -0.2) is 18.4 Å². The number of aromatic nitrogens is 3. The smallest absolute Gasteiger partial charge is 0.286 e. The molecule has 4 aromatic rings. The van der Waals surface area contributed by atoms with Crippen LogP contribution in [0.1, 0.15) is 34.2 Å². The molecule has 4 heterocycles. The molecule has 37 heavy (non-hydrogen) atoms. The third-order valence-corrected chi connectivity index (χ3v) is 7.69. The normalized spacial score (nSPS) is 15.1. The largest absolute Gasteiger partial charge is 0.376 e. The number of hydrogen-bond donors (Lipinski definition) is 1. The number of hydrogen-bond acceptors (Lipinski definition) is 7. The Hall–Kier alpha value is -3.83. The molecule has 0 unspecified atom stereocenters. The zero-order valence-electron chi connectivity index (χ0n) is 19.7. The van der Waals surface area contributed by atoms with Gasteiger partial charge in [0.25, 0.3) is 11.8 Å². The maximum atomic E-state index is 13.7. The minimum atomic E-state index is -3.54. The van der Waals surface area contributed by atoms with Crippen LogP contribution in [0.5, 0.6) is 0 Å². The fourth-order valence-electron chi connectivity index (χ4n) is 3.96. The Kier molecular flexibility index (Phi) is 6.42. The first kappa shape index (κ1) is 24.8. The highest BCUT2D eigenvalue weighted by atomic mass is 32.2. The van der Waals surface area contributed by atoms with E-state index in [9.17, 15) is 22.0 Å². The third kappa shape index (κ3) is 5.32. The first-order chi connectivity index (χ1) is 17.6. The van der Waals surface area contributed by atoms with Crippen LogP contribution in [0.4, 0.5) is 8.78 Å². The van der Waals surface area contributed by atoms with E-state index in [2.05, 4.69) is 20.3 Å². The number of amides is 1. The number of benzene rings is 1. The molecule has 0 saturated heterocycles. The van der Waals surface area contributed by atoms with Gasteiger partial charge in [-0.3, -0.25) is 9.78 Å². The molecule has 8 nitrogen and oxygen atoms in total. The van der Waals surface area contributed by atoms with Crippen molar-refractivity contribution in [2.24, 2.45) is 0 Å². The van der Waals surface area contributed by atoms with E-state index < -0.39 is 21.7 Å². The highest BCUT2D eigenvalue weighted by molar-refractivity contribution is 7.91. The van der Waals surface area contributed by atoms with E-state index in [-0.39, 0.29) is 41.7 Å². The van der Waals surface area contributed by atoms with Gasteiger partial charge in [-0.1, -0.05) is 12.1 Å². The number of rotatable bonds is 5.